The maximum atomic E-state index is 10.8. The molecule has 2 N–H and O–H groups in total. The van der Waals surface area contributed by atoms with E-state index in [0.717, 1.165) is 28.8 Å². The van der Waals surface area contributed by atoms with Gasteiger partial charge in [0.15, 0.2) is 0 Å². The third kappa shape index (κ3) is 3.75. The lowest BCUT2D eigenvalue weighted by molar-refractivity contribution is -0.145. The van der Waals surface area contributed by atoms with Crippen molar-refractivity contribution in [3.8, 4) is 22.8 Å². The van der Waals surface area contributed by atoms with Gasteiger partial charge in [-0.3, -0.25) is 4.79 Å². The molecule has 2 aromatic carbocycles. The molecule has 1 aliphatic rings. The zero-order valence-electron chi connectivity index (χ0n) is 15.1. The molecule has 4 rings (SSSR count). The van der Waals surface area contributed by atoms with Crippen LogP contribution in [-0.4, -0.2) is 27.3 Å². The lowest BCUT2D eigenvalue weighted by Gasteiger charge is -2.33. The molecule has 1 aliphatic carbocycles. The van der Waals surface area contributed by atoms with Gasteiger partial charge in [0.05, 0.1) is 5.92 Å². The molecule has 6 heteroatoms. The molecule has 1 heterocycles. The molecule has 0 spiro atoms. The topological polar surface area (TPSA) is 88.2 Å². The van der Waals surface area contributed by atoms with Gasteiger partial charge in [-0.2, -0.15) is 4.98 Å². The van der Waals surface area contributed by atoms with Gasteiger partial charge in [-0.1, -0.05) is 47.6 Å². The zero-order valence-corrected chi connectivity index (χ0v) is 15.1. The average Bonchev–Trinajstić information content (AvgIpc) is 3.11. The van der Waals surface area contributed by atoms with Crippen LogP contribution in [0.2, 0.25) is 0 Å². The minimum absolute atomic E-state index is 0.189. The minimum atomic E-state index is -0.692. The van der Waals surface area contributed by atoms with Crippen LogP contribution < -0.4 is 5.32 Å². The molecule has 0 bridgehead atoms. The number of aromatic nitrogens is 2. The first kappa shape index (κ1) is 17.4. The van der Waals surface area contributed by atoms with Gasteiger partial charge >= 0.3 is 5.97 Å². The van der Waals surface area contributed by atoms with Gasteiger partial charge in [0.25, 0.3) is 5.89 Å². The number of nitrogens with one attached hydrogen (secondary N) is 1. The first-order chi connectivity index (χ1) is 13.1. The van der Waals surface area contributed by atoms with Crippen LogP contribution >= 0.6 is 0 Å². The van der Waals surface area contributed by atoms with Crippen LogP contribution in [0.4, 0.5) is 0 Å². The quantitative estimate of drug-likeness (QED) is 0.695. The first-order valence-electron chi connectivity index (χ1n) is 9.05. The maximum absolute atomic E-state index is 10.8. The number of hydrogen-bond acceptors (Lipinski definition) is 5. The van der Waals surface area contributed by atoms with Crippen LogP contribution in [0.15, 0.2) is 53.1 Å². The third-order valence-corrected chi connectivity index (χ3v) is 5.10. The van der Waals surface area contributed by atoms with Crippen molar-refractivity contribution in [3.05, 3.63) is 59.7 Å². The fourth-order valence-corrected chi connectivity index (χ4v) is 3.28. The van der Waals surface area contributed by atoms with Crippen molar-refractivity contribution in [3.63, 3.8) is 0 Å². The lowest BCUT2D eigenvalue weighted by Crippen LogP contribution is -2.43. The van der Waals surface area contributed by atoms with Gasteiger partial charge in [-0.05, 0) is 37.0 Å². The van der Waals surface area contributed by atoms with Gasteiger partial charge < -0.3 is 14.9 Å². The van der Waals surface area contributed by atoms with E-state index in [9.17, 15) is 4.79 Å². The smallest absolute Gasteiger partial charge is 0.306 e. The highest BCUT2D eigenvalue weighted by Gasteiger charge is 2.33. The molecule has 3 aromatic rings. The Bertz CT molecular complexity index is 943. The van der Waals surface area contributed by atoms with Crippen LogP contribution in [0.3, 0.4) is 0 Å². The van der Waals surface area contributed by atoms with Crippen LogP contribution in [0.25, 0.3) is 22.8 Å². The number of rotatable bonds is 6. The average molecular weight is 363 g/mol. The van der Waals surface area contributed by atoms with E-state index in [1.165, 1.54) is 0 Å². The molecule has 1 fully saturated rings. The number of hydrogen-bond donors (Lipinski definition) is 2. The monoisotopic (exact) mass is 363 g/mol. The number of benzene rings is 2. The van der Waals surface area contributed by atoms with Crippen LogP contribution in [0, 0.1) is 12.8 Å². The van der Waals surface area contributed by atoms with E-state index in [4.69, 9.17) is 9.63 Å². The Balaban J connectivity index is 1.38. The highest BCUT2D eigenvalue weighted by atomic mass is 16.5. The fraction of sp³-hybridized carbons (Fsp3) is 0.286. The summed E-state index contributed by atoms with van der Waals surface area (Å²) >= 11 is 0. The molecule has 0 atom stereocenters. The molecule has 0 unspecified atom stereocenters. The Morgan fingerprint density at radius 1 is 1.19 bits per heavy atom. The summed E-state index contributed by atoms with van der Waals surface area (Å²) in [5, 5.41) is 16.4. The van der Waals surface area contributed by atoms with Crippen LogP contribution in [0.5, 0.6) is 0 Å². The second-order valence-electron chi connectivity index (χ2n) is 7.02. The molecule has 0 aliphatic heterocycles. The van der Waals surface area contributed by atoms with E-state index in [2.05, 4.69) is 15.5 Å². The van der Waals surface area contributed by atoms with Crippen LogP contribution in [0.1, 0.15) is 24.0 Å². The Kier molecular flexibility index (Phi) is 4.73. The van der Waals surface area contributed by atoms with E-state index in [0.29, 0.717) is 30.6 Å². The minimum Gasteiger partial charge on any atom is -0.481 e. The van der Waals surface area contributed by atoms with Crippen molar-refractivity contribution in [2.45, 2.75) is 32.4 Å². The molecule has 0 amide bonds. The molecule has 1 aromatic heterocycles. The fourth-order valence-electron chi connectivity index (χ4n) is 3.28. The van der Waals surface area contributed by atoms with Crippen LogP contribution in [-0.2, 0) is 11.3 Å². The van der Waals surface area contributed by atoms with E-state index in [-0.39, 0.29) is 5.92 Å². The van der Waals surface area contributed by atoms with E-state index in [1.54, 1.807) is 0 Å². The predicted octanol–water partition coefficient (Wildman–Crippen LogP) is 3.66. The van der Waals surface area contributed by atoms with Gasteiger partial charge in [0, 0.05) is 23.7 Å². The van der Waals surface area contributed by atoms with Crippen molar-refractivity contribution >= 4 is 5.97 Å². The van der Waals surface area contributed by atoms with E-state index in [1.807, 2.05) is 55.5 Å². The summed E-state index contributed by atoms with van der Waals surface area (Å²) in [6.45, 7) is 2.74. The van der Waals surface area contributed by atoms with E-state index >= 15 is 0 Å². The zero-order chi connectivity index (χ0) is 18.8. The summed E-state index contributed by atoms with van der Waals surface area (Å²) in [7, 11) is 0. The molecular formula is C21H21N3O3. The van der Waals surface area contributed by atoms with Gasteiger partial charge in [-0.25, -0.2) is 0 Å². The Hall–Kier alpha value is -2.99. The lowest BCUT2D eigenvalue weighted by atomic mass is 9.80. The third-order valence-electron chi connectivity index (χ3n) is 5.10. The van der Waals surface area contributed by atoms with Crippen molar-refractivity contribution in [2.24, 2.45) is 5.92 Å². The number of carboxylic acid groups (broad SMARTS) is 1. The van der Waals surface area contributed by atoms with Gasteiger partial charge in [0.2, 0.25) is 5.82 Å². The second kappa shape index (κ2) is 7.32. The number of nitrogens with zero attached hydrogens (tertiary/aromatic N) is 2. The summed E-state index contributed by atoms with van der Waals surface area (Å²) in [6.07, 6.45) is 1.41. The van der Waals surface area contributed by atoms with Crippen molar-refractivity contribution in [2.75, 3.05) is 0 Å². The normalized spacial score (nSPS) is 18.9. The number of aliphatic carboxylic acids is 1. The maximum Gasteiger partial charge on any atom is 0.306 e. The molecular weight excluding hydrogens is 342 g/mol. The SMILES string of the molecule is Cc1ccccc1-c1nc(-c2ccc(CNC3CC(C(=O)O)C3)cc2)no1. The summed E-state index contributed by atoms with van der Waals surface area (Å²) in [4.78, 5) is 15.4. The number of aryl methyl sites for hydroxylation is 1. The summed E-state index contributed by atoms with van der Waals surface area (Å²) < 4.78 is 5.43. The predicted molar refractivity (Wildman–Crippen MR) is 101 cm³/mol. The van der Waals surface area contributed by atoms with Gasteiger partial charge in [0.1, 0.15) is 0 Å². The highest BCUT2D eigenvalue weighted by Crippen LogP contribution is 2.28. The summed E-state index contributed by atoms with van der Waals surface area (Å²) in [5.74, 6) is 0.205. The van der Waals surface area contributed by atoms with E-state index < -0.39 is 5.97 Å². The Labute approximate surface area is 157 Å². The van der Waals surface area contributed by atoms with Crippen molar-refractivity contribution in [1.29, 1.82) is 0 Å². The molecule has 0 saturated heterocycles. The highest BCUT2D eigenvalue weighted by molar-refractivity contribution is 5.71. The molecule has 6 nitrogen and oxygen atoms in total. The Morgan fingerprint density at radius 2 is 1.93 bits per heavy atom. The summed E-state index contributed by atoms with van der Waals surface area (Å²) in [5.41, 5.74) is 4.07. The number of carboxylic acids is 1. The largest absolute Gasteiger partial charge is 0.481 e. The van der Waals surface area contributed by atoms with Crippen molar-refractivity contribution in [1.82, 2.24) is 15.5 Å². The molecule has 138 valence electrons. The molecule has 27 heavy (non-hydrogen) atoms. The van der Waals surface area contributed by atoms with Gasteiger partial charge in [-0.15, -0.1) is 0 Å². The second-order valence-corrected chi connectivity index (χ2v) is 7.02. The first-order valence-corrected chi connectivity index (χ1v) is 9.05. The Morgan fingerprint density at radius 3 is 2.63 bits per heavy atom. The molecule has 0 radical (unpaired) electrons. The number of carbonyl (C=O) groups is 1. The van der Waals surface area contributed by atoms with Crippen molar-refractivity contribution < 1.29 is 14.4 Å². The summed E-state index contributed by atoms with van der Waals surface area (Å²) in [6, 6.07) is 16.2. The standard InChI is InChI=1S/C21H21N3O3/c1-13-4-2-3-5-18(13)20-23-19(24-27-20)15-8-6-14(7-9-15)12-22-17-10-16(11-17)21(25)26/h2-9,16-17,22H,10-12H2,1H3,(H,25,26). The molecule has 1 saturated carbocycles.